The van der Waals surface area contributed by atoms with Gasteiger partial charge in [0.05, 0.1) is 12.1 Å². The molecule has 1 amide bonds. The summed E-state index contributed by atoms with van der Waals surface area (Å²) in [5.74, 6) is 1.72. The summed E-state index contributed by atoms with van der Waals surface area (Å²) >= 11 is 0. The van der Waals surface area contributed by atoms with E-state index in [1.807, 2.05) is 0 Å². The molecule has 2 aromatic rings. The summed E-state index contributed by atoms with van der Waals surface area (Å²) < 4.78 is 5.13. The lowest BCUT2D eigenvalue weighted by atomic mass is 9.96. The van der Waals surface area contributed by atoms with Gasteiger partial charge in [-0.3, -0.25) is 9.80 Å². The number of aliphatic hydroxyl groups excluding tert-OH is 1. The minimum atomic E-state index is -0.727. The lowest BCUT2D eigenvalue weighted by Gasteiger charge is -2.35. The van der Waals surface area contributed by atoms with E-state index >= 15 is 0 Å². The summed E-state index contributed by atoms with van der Waals surface area (Å²) in [6.45, 7) is 8.19. The van der Waals surface area contributed by atoms with E-state index in [9.17, 15) is 9.90 Å². The monoisotopic (exact) mass is 480 g/mol. The summed E-state index contributed by atoms with van der Waals surface area (Å²) in [4.78, 5) is 25.1. The van der Waals surface area contributed by atoms with Crippen LogP contribution in [-0.2, 0) is 4.74 Å². The van der Waals surface area contributed by atoms with Crippen LogP contribution < -0.4 is 15.5 Å². The van der Waals surface area contributed by atoms with Crippen LogP contribution in [0.4, 0.5) is 16.6 Å². The number of hydrogen-bond donors (Lipinski definition) is 3. The Morgan fingerprint density at radius 3 is 2.54 bits per heavy atom. The van der Waals surface area contributed by atoms with Gasteiger partial charge < -0.3 is 20.5 Å². The van der Waals surface area contributed by atoms with Crippen LogP contribution in [0, 0.1) is 5.92 Å². The maximum absolute atomic E-state index is 12.2. The maximum Gasteiger partial charge on any atom is 0.416 e. The van der Waals surface area contributed by atoms with Gasteiger partial charge in [0.1, 0.15) is 18.5 Å². The quantitative estimate of drug-likeness (QED) is 0.503. The number of ether oxygens (including phenoxy) is 1. The van der Waals surface area contributed by atoms with Gasteiger partial charge in [0.15, 0.2) is 0 Å². The van der Waals surface area contributed by atoms with E-state index in [1.165, 1.54) is 29.7 Å². The highest BCUT2D eigenvalue weighted by Gasteiger charge is 2.38. The first-order valence-corrected chi connectivity index (χ1v) is 12.8. The van der Waals surface area contributed by atoms with Crippen molar-refractivity contribution in [2.24, 2.45) is 5.92 Å². The number of cyclic esters (lactones) is 1. The van der Waals surface area contributed by atoms with E-state index in [0.717, 1.165) is 37.7 Å². The van der Waals surface area contributed by atoms with Crippen molar-refractivity contribution in [1.29, 1.82) is 0 Å². The van der Waals surface area contributed by atoms with Crippen molar-refractivity contribution in [1.82, 2.24) is 20.2 Å². The molecule has 0 bridgehead atoms. The van der Waals surface area contributed by atoms with Crippen molar-refractivity contribution in [2.75, 3.05) is 43.0 Å². The lowest BCUT2D eigenvalue weighted by Crippen LogP contribution is -2.45. The van der Waals surface area contributed by atoms with Crippen LogP contribution >= 0.6 is 0 Å². The molecule has 9 heteroatoms. The zero-order valence-corrected chi connectivity index (χ0v) is 20.6. The van der Waals surface area contributed by atoms with Gasteiger partial charge in [-0.2, -0.15) is 4.98 Å². The third-order valence-electron chi connectivity index (χ3n) is 7.36. The highest BCUT2D eigenvalue weighted by atomic mass is 16.6. The second-order valence-corrected chi connectivity index (χ2v) is 10.0. The number of amides is 1. The summed E-state index contributed by atoms with van der Waals surface area (Å²) in [6.07, 6.45) is 4.37. The minimum absolute atomic E-state index is 0.0153. The number of piperazine rings is 1. The fourth-order valence-electron chi connectivity index (χ4n) is 5.05. The smallest absolute Gasteiger partial charge is 0.416 e. The molecule has 3 aliphatic rings. The molecule has 3 fully saturated rings. The van der Waals surface area contributed by atoms with Crippen LogP contribution in [0.25, 0.3) is 0 Å². The average Bonchev–Trinajstić information content (AvgIpc) is 3.61. The number of hydrogen-bond acceptors (Lipinski definition) is 8. The first kappa shape index (κ1) is 24.0. The molecule has 3 heterocycles. The Balaban J connectivity index is 1.27. The Hall–Kier alpha value is -2.75. The van der Waals surface area contributed by atoms with Crippen LogP contribution in [0.3, 0.4) is 0 Å². The molecule has 9 nitrogen and oxygen atoms in total. The van der Waals surface area contributed by atoms with Gasteiger partial charge in [-0.1, -0.05) is 37.1 Å². The molecule has 3 N–H and O–H groups in total. The number of nitrogens with one attached hydrogen (secondary N) is 2. The zero-order chi connectivity index (χ0) is 24.4. The summed E-state index contributed by atoms with van der Waals surface area (Å²) in [7, 11) is 0. The second-order valence-electron chi connectivity index (χ2n) is 10.0. The van der Waals surface area contributed by atoms with Crippen LogP contribution in [0.1, 0.15) is 56.3 Å². The number of benzene rings is 1. The van der Waals surface area contributed by atoms with Crippen molar-refractivity contribution in [2.45, 2.75) is 57.3 Å². The highest BCUT2D eigenvalue weighted by Crippen LogP contribution is 2.40. The number of aromatic nitrogens is 2. The number of carbonyl (C=O) groups excluding carboxylic acids is 1. The topological polar surface area (TPSA) is 103 Å². The van der Waals surface area contributed by atoms with E-state index in [-0.39, 0.29) is 12.6 Å². The SMILES string of the molecule is CC(Nc1nccc(N2C(=O)OC[C@@H]2[C@H](C)O)n1)c1ccc(C(CC2CC2)N2CCNCC2)cc1. The molecule has 0 radical (unpaired) electrons. The molecule has 188 valence electrons. The van der Waals surface area contributed by atoms with E-state index in [1.54, 1.807) is 19.2 Å². The van der Waals surface area contributed by atoms with Gasteiger partial charge in [-0.25, -0.2) is 9.78 Å². The number of anilines is 2. The van der Waals surface area contributed by atoms with Gasteiger partial charge in [0.2, 0.25) is 5.95 Å². The standard InChI is InChI=1S/C26H36N6O3/c1-17(29-25-28-10-9-24(30-25)32-23(18(2)33)16-35-26(32)34)20-5-7-21(8-6-20)22(15-19-3-4-19)31-13-11-27-12-14-31/h5-10,17-19,22-23,27,33H,3-4,11-16H2,1-2H3,(H,28,29,30)/t17?,18-,22?,23+/m0/s1. The minimum Gasteiger partial charge on any atom is -0.447 e. The zero-order valence-electron chi connectivity index (χ0n) is 20.6. The molecule has 5 rings (SSSR count). The first-order valence-electron chi connectivity index (χ1n) is 12.8. The summed E-state index contributed by atoms with van der Waals surface area (Å²) in [5, 5.41) is 16.8. The van der Waals surface area contributed by atoms with E-state index < -0.39 is 18.2 Å². The molecule has 1 aromatic carbocycles. The predicted octanol–water partition coefficient (Wildman–Crippen LogP) is 3.10. The van der Waals surface area contributed by atoms with E-state index in [4.69, 9.17) is 4.74 Å². The van der Waals surface area contributed by atoms with Gasteiger partial charge in [0.25, 0.3) is 0 Å². The third-order valence-corrected chi connectivity index (χ3v) is 7.36. The van der Waals surface area contributed by atoms with Crippen molar-refractivity contribution >= 4 is 17.9 Å². The van der Waals surface area contributed by atoms with Crippen molar-refractivity contribution in [3.63, 3.8) is 0 Å². The molecule has 35 heavy (non-hydrogen) atoms. The molecule has 2 saturated heterocycles. The lowest BCUT2D eigenvalue weighted by molar-refractivity contribution is 0.142. The molecule has 1 aliphatic carbocycles. The maximum atomic E-state index is 12.2. The van der Waals surface area contributed by atoms with Crippen molar-refractivity contribution in [3.05, 3.63) is 47.7 Å². The molecular weight excluding hydrogens is 444 g/mol. The summed E-state index contributed by atoms with van der Waals surface area (Å²) in [5.41, 5.74) is 2.54. The third kappa shape index (κ3) is 5.58. The molecule has 1 saturated carbocycles. The molecule has 0 spiro atoms. The van der Waals surface area contributed by atoms with Gasteiger partial charge >= 0.3 is 6.09 Å². The van der Waals surface area contributed by atoms with Crippen LogP contribution in [-0.4, -0.2) is 71.0 Å². The van der Waals surface area contributed by atoms with Crippen LogP contribution in [0.15, 0.2) is 36.5 Å². The molecule has 2 aliphatic heterocycles. The molecule has 1 aromatic heterocycles. The Kier molecular flexibility index (Phi) is 7.17. The predicted molar refractivity (Wildman–Crippen MR) is 134 cm³/mol. The Morgan fingerprint density at radius 2 is 1.86 bits per heavy atom. The van der Waals surface area contributed by atoms with Crippen LogP contribution in [0.5, 0.6) is 0 Å². The normalized spacial score (nSPS) is 23.6. The fourth-order valence-corrected chi connectivity index (χ4v) is 5.05. The van der Waals surface area contributed by atoms with E-state index in [0.29, 0.717) is 17.8 Å². The number of carbonyl (C=O) groups is 1. The van der Waals surface area contributed by atoms with Crippen LogP contribution in [0.2, 0.25) is 0 Å². The molecule has 2 unspecified atom stereocenters. The fraction of sp³-hybridized carbons (Fsp3) is 0.577. The van der Waals surface area contributed by atoms with Gasteiger partial charge in [-0.15, -0.1) is 0 Å². The van der Waals surface area contributed by atoms with Gasteiger partial charge in [0, 0.05) is 38.4 Å². The largest absolute Gasteiger partial charge is 0.447 e. The number of aliphatic hydroxyl groups is 1. The van der Waals surface area contributed by atoms with Crippen molar-refractivity contribution < 1.29 is 14.6 Å². The Morgan fingerprint density at radius 1 is 1.14 bits per heavy atom. The number of rotatable bonds is 9. The first-order chi connectivity index (χ1) is 17.0. The Labute approximate surface area is 206 Å². The van der Waals surface area contributed by atoms with Crippen molar-refractivity contribution in [3.8, 4) is 0 Å². The number of nitrogens with zero attached hydrogens (tertiary/aromatic N) is 4. The summed E-state index contributed by atoms with van der Waals surface area (Å²) in [6, 6.07) is 10.6. The average molecular weight is 481 g/mol. The van der Waals surface area contributed by atoms with E-state index in [2.05, 4.69) is 56.7 Å². The molecule has 4 atom stereocenters. The highest BCUT2D eigenvalue weighted by molar-refractivity contribution is 5.89. The Bertz CT molecular complexity index is 1010. The molecular formula is C26H36N6O3. The van der Waals surface area contributed by atoms with Gasteiger partial charge in [-0.05, 0) is 43.4 Å². The second kappa shape index (κ2) is 10.5.